The SMILES string of the molecule is CCOC(=O)c1c(NC(=O)COC(=O)c2cc(C)nc3ccccc23)sc(C(=O)N(C)C)c1C. The number of rotatable bonds is 7. The second-order valence-corrected chi connectivity index (χ2v) is 8.65. The van der Waals surface area contributed by atoms with Crippen molar-refractivity contribution in [2.45, 2.75) is 20.8 Å². The minimum Gasteiger partial charge on any atom is -0.462 e. The first kappa shape index (κ1) is 24.8. The fourth-order valence-electron chi connectivity index (χ4n) is 3.31. The first-order chi connectivity index (χ1) is 16.1. The van der Waals surface area contributed by atoms with Crippen LogP contribution >= 0.6 is 11.3 Å². The molecule has 0 bridgehead atoms. The van der Waals surface area contributed by atoms with Gasteiger partial charge in [-0.2, -0.15) is 0 Å². The molecule has 0 radical (unpaired) electrons. The highest BCUT2D eigenvalue weighted by molar-refractivity contribution is 7.18. The van der Waals surface area contributed by atoms with Gasteiger partial charge in [0.1, 0.15) is 5.00 Å². The van der Waals surface area contributed by atoms with Gasteiger partial charge < -0.3 is 19.7 Å². The van der Waals surface area contributed by atoms with Gasteiger partial charge in [0.15, 0.2) is 6.61 Å². The van der Waals surface area contributed by atoms with Gasteiger partial charge in [-0.15, -0.1) is 11.3 Å². The average molecular weight is 484 g/mol. The van der Waals surface area contributed by atoms with Crippen LogP contribution in [0, 0.1) is 13.8 Å². The molecule has 2 heterocycles. The predicted octanol–water partition coefficient (Wildman–Crippen LogP) is 3.59. The van der Waals surface area contributed by atoms with Gasteiger partial charge in [-0.1, -0.05) is 18.2 Å². The minimum atomic E-state index is -0.673. The summed E-state index contributed by atoms with van der Waals surface area (Å²) in [6.45, 7) is 4.60. The molecule has 3 rings (SSSR count). The molecule has 1 aromatic carbocycles. The van der Waals surface area contributed by atoms with Crippen molar-refractivity contribution in [2.24, 2.45) is 0 Å². The number of thiophene rings is 1. The largest absolute Gasteiger partial charge is 0.462 e. The fourth-order valence-corrected chi connectivity index (χ4v) is 4.54. The molecular formula is C24H25N3O6S. The summed E-state index contributed by atoms with van der Waals surface area (Å²) in [7, 11) is 3.18. The van der Waals surface area contributed by atoms with Crippen LogP contribution in [0.5, 0.6) is 0 Å². The van der Waals surface area contributed by atoms with E-state index in [0.29, 0.717) is 32.6 Å². The maximum absolute atomic E-state index is 12.7. The second-order valence-electron chi connectivity index (χ2n) is 7.63. The highest BCUT2D eigenvalue weighted by Gasteiger charge is 2.27. The van der Waals surface area contributed by atoms with E-state index in [-0.39, 0.29) is 23.1 Å². The lowest BCUT2D eigenvalue weighted by Crippen LogP contribution is -2.22. The first-order valence-corrected chi connectivity index (χ1v) is 11.3. The van der Waals surface area contributed by atoms with Crippen molar-refractivity contribution >= 4 is 51.0 Å². The third-order valence-corrected chi connectivity index (χ3v) is 6.07. The number of esters is 2. The van der Waals surface area contributed by atoms with E-state index in [2.05, 4.69) is 10.3 Å². The molecule has 0 aliphatic rings. The molecule has 0 aliphatic heterocycles. The Morgan fingerprint density at radius 1 is 1.06 bits per heavy atom. The maximum atomic E-state index is 12.7. The number of nitrogens with one attached hydrogen (secondary N) is 1. The van der Waals surface area contributed by atoms with Gasteiger partial charge in [-0.25, -0.2) is 9.59 Å². The molecule has 0 saturated heterocycles. The first-order valence-electron chi connectivity index (χ1n) is 10.5. The number of carbonyl (C=O) groups excluding carboxylic acids is 4. The number of anilines is 1. The normalized spacial score (nSPS) is 10.6. The number of nitrogens with zero attached hydrogens (tertiary/aromatic N) is 2. The number of aryl methyl sites for hydroxylation is 1. The molecular weight excluding hydrogens is 458 g/mol. The number of para-hydroxylation sites is 1. The average Bonchev–Trinajstić information content (AvgIpc) is 3.11. The van der Waals surface area contributed by atoms with Crippen molar-refractivity contribution in [3.63, 3.8) is 0 Å². The summed E-state index contributed by atoms with van der Waals surface area (Å²) in [6.07, 6.45) is 0. The Labute approximate surface area is 200 Å². The van der Waals surface area contributed by atoms with Crippen molar-refractivity contribution in [3.8, 4) is 0 Å². The van der Waals surface area contributed by atoms with Gasteiger partial charge >= 0.3 is 11.9 Å². The van der Waals surface area contributed by atoms with Gasteiger partial charge in [0, 0.05) is 25.2 Å². The number of carbonyl (C=O) groups is 4. The van der Waals surface area contributed by atoms with E-state index < -0.39 is 24.5 Å². The zero-order valence-corrected chi connectivity index (χ0v) is 20.4. The standard InChI is InChI=1S/C24H25N3O6S/c1-6-32-24(31)19-14(3)20(22(29)27(4)5)34-21(19)26-18(28)12-33-23(30)16-11-13(2)25-17-10-8-7-9-15(16)17/h7-11H,6,12H2,1-5H3,(H,26,28). The van der Waals surface area contributed by atoms with E-state index in [4.69, 9.17) is 9.47 Å². The zero-order valence-electron chi connectivity index (χ0n) is 19.6. The number of ether oxygens (including phenoxy) is 2. The molecule has 1 N–H and O–H groups in total. The maximum Gasteiger partial charge on any atom is 0.341 e. The second kappa shape index (κ2) is 10.4. The van der Waals surface area contributed by atoms with E-state index in [1.54, 1.807) is 59.1 Å². The van der Waals surface area contributed by atoms with Crippen molar-refractivity contribution in [1.82, 2.24) is 9.88 Å². The molecule has 0 fully saturated rings. The topological polar surface area (TPSA) is 115 Å². The molecule has 34 heavy (non-hydrogen) atoms. The Morgan fingerprint density at radius 2 is 1.76 bits per heavy atom. The van der Waals surface area contributed by atoms with Gasteiger partial charge in [-0.05, 0) is 38.5 Å². The summed E-state index contributed by atoms with van der Waals surface area (Å²) >= 11 is 0.967. The summed E-state index contributed by atoms with van der Waals surface area (Å²) < 4.78 is 10.3. The summed E-state index contributed by atoms with van der Waals surface area (Å²) in [5.41, 5.74) is 2.10. The van der Waals surface area contributed by atoms with Gasteiger partial charge in [0.2, 0.25) is 0 Å². The number of hydrogen-bond acceptors (Lipinski definition) is 8. The van der Waals surface area contributed by atoms with Crippen LogP contribution in [0.4, 0.5) is 5.00 Å². The molecule has 0 atom stereocenters. The molecule has 2 aromatic heterocycles. The highest BCUT2D eigenvalue weighted by atomic mass is 32.1. The van der Waals surface area contributed by atoms with E-state index in [0.717, 1.165) is 11.3 Å². The van der Waals surface area contributed by atoms with Crippen LogP contribution in [0.1, 0.15) is 48.6 Å². The lowest BCUT2D eigenvalue weighted by molar-refractivity contribution is -0.119. The zero-order chi connectivity index (χ0) is 25.0. The third kappa shape index (κ3) is 5.23. The van der Waals surface area contributed by atoms with Crippen molar-refractivity contribution < 1.29 is 28.7 Å². The minimum absolute atomic E-state index is 0.104. The monoisotopic (exact) mass is 483 g/mol. The molecule has 0 aliphatic carbocycles. The van der Waals surface area contributed by atoms with Crippen molar-refractivity contribution in [1.29, 1.82) is 0 Å². The Kier molecular flexibility index (Phi) is 7.62. The van der Waals surface area contributed by atoms with Crippen LogP contribution < -0.4 is 5.32 Å². The molecule has 0 saturated carbocycles. The Balaban J connectivity index is 1.80. The van der Waals surface area contributed by atoms with Crippen molar-refractivity contribution in [2.75, 3.05) is 32.6 Å². The van der Waals surface area contributed by atoms with Crippen LogP contribution in [-0.4, -0.2) is 60.9 Å². The van der Waals surface area contributed by atoms with Crippen LogP contribution in [0.2, 0.25) is 0 Å². The number of fused-ring (bicyclic) bond motifs is 1. The smallest absolute Gasteiger partial charge is 0.341 e. The fraction of sp³-hybridized carbons (Fsp3) is 0.292. The number of amides is 2. The van der Waals surface area contributed by atoms with Gasteiger partial charge in [-0.3, -0.25) is 14.6 Å². The summed E-state index contributed by atoms with van der Waals surface area (Å²) in [6, 6.07) is 8.74. The molecule has 9 nitrogen and oxygen atoms in total. The molecule has 0 unspecified atom stereocenters. The summed E-state index contributed by atoms with van der Waals surface area (Å²) in [5.74, 6) is -2.28. The number of benzene rings is 1. The highest BCUT2D eigenvalue weighted by Crippen LogP contribution is 2.34. The van der Waals surface area contributed by atoms with Gasteiger partial charge in [0.05, 0.1) is 28.1 Å². The number of aromatic nitrogens is 1. The van der Waals surface area contributed by atoms with Crippen LogP contribution in [0.25, 0.3) is 10.9 Å². The van der Waals surface area contributed by atoms with E-state index >= 15 is 0 Å². The van der Waals surface area contributed by atoms with Gasteiger partial charge in [0.25, 0.3) is 11.8 Å². The molecule has 178 valence electrons. The number of hydrogen-bond donors (Lipinski definition) is 1. The molecule has 10 heteroatoms. The molecule has 2 amide bonds. The van der Waals surface area contributed by atoms with Crippen molar-refractivity contribution in [3.05, 3.63) is 57.6 Å². The Morgan fingerprint density at radius 3 is 2.44 bits per heavy atom. The summed E-state index contributed by atoms with van der Waals surface area (Å²) in [5, 5.41) is 3.35. The van der Waals surface area contributed by atoms with Crippen LogP contribution in [-0.2, 0) is 14.3 Å². The van der Waals surface area contributed by atoms with E-state index in [9.17, 15) is 19.2 Å². The van der Waals surface area contributed by atoms with E-state index in [1.807, 2.05) is 6.07 Å². The summed E-state index contributed by atoms with van der Waals surface area (Å²) in [4.78, 5) is 56.4. The number of pyridine rings is 1. The van der Waals surface area contributed by atoms with Crippen LogP contribution in [0.3, 0.4) is 0 Å². The predicted molar refractivity (Wildman–Crippen MR) is 128 cm³/mol. The quantitative estimate of drug-likeness (QED) is 0.511. The lowest BCUT2D eigenvalue weighted by atomic mass is 10.1. The van der Waals surface area contributed by atoms with E-state index in [1.165, 1.54) is 4.90 Å². The Bertz CT molecular complexity index is 1280. The third-order valence-electron chi connectivity index (χ3n) is 4.88. The lowest BCUT2D eigenvalue weighted by Gasteiger charge is -2.09. The van der Waals surface area contributed by atoms with Crippen LogP contribution in [0.15, 0.2) is 30.3 Å². The molecule has 0 spiro atoms. The molecule has 3 aromatic rings. The Hall–Kier alpha value is -3.79.